The minimum absolute atomic E-state index is 0.229. The maximum absolute atomic E-state index is 12.3. The van der Waals surface area contributed by atoms with Gasteiger partial charge in [-0.15, -0.1) is 0 Å². The van der Waals surface area contributed by atoms with Crippen molar-refractivity contribution in [3.05, 3.63) is 48.2 Å². The molecule has 0 spiro atoms. The lowest BCUT2D eigenvalue weighted by Gasteiger charge is -2.13. The van der Waals surface area contributed by atoms with Crippen LogP contribution in [0.1, 0.15) is 23.2 Å². The zero-order valence-electron chi connectivity index (χ0n) is 13.8. The van der Waals surface area contributed by atoms with E-state index in [1.165, 1.54) is 0 Å². The van der Waals surface area contributed by atoms with Gasteiger partial charge in [-0.05, 0) is 37.1 Å². The van der Waals surface area contributed by atoms with Gasteiger partial charge in [-0.2, -0.15) is 0 Å². The summed E-state index contributed by atoms with van der Waals surface area (Å²) >= 11 is 0. The normalized spacial score (nSPS) is 13.0. The van der Waals surface area contributed by atoms with Gasteiger partial charge in [0.1, 0.15) is 17.1 Å². The molecule has 2 N–H and O–H groups in total. The summed E-state index contributed by atoms with van der Waals surface area (Å²) in [5.74, 6) is 0.0475. The number of ether oxygens (including phenoxy) is 2. The molecule has 1 aromatic heterocycles. The summed E-state index contributed by atoms with van der Waals surface area (Å²) in [4.78, 5) is 28.1. The number of hydrogen-bond acceptors (Lipinski definition) is 6. The molecular formula is C18H19N3O4. The molecular weight excluding hydrogens is 322 g/mol. The first-order chi connectivity index (χ1) is 12.2. The van der Waals surface area contributed by atoms with Crippen LogP contribution in [0.5, 0.6) is 5.75 Å². The van der Waals surface area contributed by atoms with Crippen molar-refractivity contribution in [3.63, 3.8) is 0 Å². The Balaban J connectivity index is 1.69. The largest absolute Gasteiger partial charge is 0.495 e. The number of benzene rings is 1. The van der Waals surface area contributed by atoms with E-state index >= 15 is 0 Å². The summed E-state index contributed by atoms with van der Waals surface area (Å²) in [5.41, 5.74) is 0.914. The van der Waals surface area contributed by atoms with Crippen molar-refractivity contribution < 1.29 is 19.1 Å². The van der Waals surface area contributed by atoms with Crippen molar-refractivity contribution >= 4 is 23.4 Å². The second-order valence-corrected chi connectivity index (χ2v) is 5.64. The second-order valence-electron chi connectivity index (χ2n) is 5.64. The third-order valence-corrected chi connectivity index (χ3v) is 3.66. The van der Waals surface area contributed by atoms with E-state index in [-0.39, 0.29) is 24.1 Å². The van der Waals surface area contributed by atoms with Crippen LogP contribution in [-0.4, -0.2) is 36.6 Å². The number of para-hydroxylation sites is 2. The molecule has 1 saturated carbocycles. The zero-order chi connectivity index (χ0) is 17.6. The summed E-state index contributed by atoms with van der Waals surface area (Å²) in [6.07, 6.45) is 3.53. The Kier molecular flexibility index (Phi) is 5.13. The summed E-state index contributed by atoms with van der Waals surface area (Å²) in [6, 6.07) is 10.7. The number of carbonyl (C=O) groups excluding carboxylic acids is 2. The molecule has 1 aliphatic carbocycles. The molecule has 7 nitrogen and oxygen atoms in total. The number of nitrogens with one attached hydrogen (secondary N) is 2. The molecule has 1 aromatic carbocycles. The molecule has 1 heterocycles. The molecule has 1 fully saturated rings. The molecule has 3 rings (SSSR count). The summed E-state index contributed by atoms with van der Waals surface area (Å²) in [5, 5.41) is 5.83. The Morgan fingerprint density at radius 2 is 2.00 bits per heavy atom. The number of esters is 1. The maximum Gasteiger partial charge on any atom is 0.342 e. The number of pyridine rings is 1. The van der Waals surface area contributed by atoms with Gasteiger partial charge < -0.3 is 20.1 Å². The van der Waals surface area contributed by atoms with E-state index in [4.69, 9.17) is 9.47 Å². The van der Waals surface area contributed by atoms with Gasteiger partial charge in [0.15, 0.2) is 6.61 Å². The molecule has 130 valence electrons. The second kappa shape index (κ2) is 7.65. The van der Waals surface area contributed by atoms with Gasteiger partial charge in [-0.3, -0.25) is 4.79 Å². The fourth-order valence-electron chi connectivity index (χ4n) is 2.25. The number of nitrogens with zero attached hydrogens (tertiary/aromatic N) is 1. The third-order valence-electron chi connectivity index (χ3n) is 3.66. The van der Waals surface area contributed by atoms with Gasteiger partial charge in [0.2, 0.25) is 0 Å². The van der Waals surface area contributed by atoms with Crippen LogP contribution in [0.2, 0.25) is 0 Å². The highest BCUT2D eigenvalue weighted by Crippen LogP contribution is 2.27. The number of aromatic nitrogens is 1. The lowest BCUT2D eigenvalue weighted by molar-refractivity contribution is -0.124. The van der Waals surface area contributed by atoms with E-state index < -0.39 is 5.97 Å². The van der Waals surface area contributed by atoms with Crippen LogP contribution >= 0.6 is 0 Å². The first kappa shape index (κ1) is 16.8. The van der Waals surface area contributed by atoms with Crippen LogP contribution in [0, 0.1) is 0 Å². The Morgan fingerprint density at radius 1 is 1.20 bits per heavy atom. The summed E-state index contributed by atoms with van der Waals surface area (Å²) < 4.78 is 10.4. The highest BCUT2D eigenvalue weighted by atomic mass is 16.5. The molecule has 25 heavy (non-hydrogen) atoms. The predicted molar refractivity (Wildman–Crippen MR) is 92.0 cm³/mol. The maximum atomic E-state index is 12.3. The fraction of sp³-hybridized carbons (Fsp3) is 0.278. The van der Waals surface area contributed by atoms with Crippen LogP contribution in [0.25, 0.3) is 0 Å². The van der Waals surface area contributed by atoms with E-state index in [1.54, 1.807) is 31.5 Å². The Labute approximate surface area is 145 Å². The number of carbonyl (C=O) groups is 2. The molecule has 2 aromatic rings. The number of amides is 1. The lowest BCUT2D eigenvalue weighted by atomic mass is 10.2. The van der Waals surface area contributed by atoms with Gasteiger partial charge >= 0.3 is 5.97 Å². The van der Waals surface area contributed by atoms with Gasteiger partial charge in [0, 0.05) is 12.2 Å². The minimum Gasteiger partial charge on any atom is -0.495 e. The van der Waals surface area contributed by atoms with Crippen molar-refractivity contribution in [2.45, 2.75) is 18.9 Å². The van der Waals surface area contributed by atoms with E-state index in [0.29, 0.717) is 17.3 Å². The zero-order valence-corrected chi connectivity index (χ0v) is 13.8. The molecule has 7 heteroatoms. The van der Waals surface area contributed by atoms with Crippen LogP contribution in [0.4, 0.5) is 11.5 Å². The quantitative estimate of drug-likeness (QED) is 0.751. The Bertz CT molecular complexity index is 774. The Morgan fingerprint density at radius 3 is 2.76 bits per heavy atom. The predicted octanol–water partition coefficient (Wildman–Crippen LogP) is 2.27. The van der Waals surface area contributed by atoms with Crippen molar-refractivity contribution in [2.75, 3.05) is 19.0 Å². The highest BCUT2D eigenvalue weighted by molar-refractivity contribution is 5.96. The minimum atomic E-state index is -0.614. The smallest absolute Gasteiger partial charge is 0.342 e. The van der Waals surface area contributed by atoms with E-state index in [2.05, 4.69) is 15.6 Å². The molecule has 0 bridgehead atoms. The average Bonchev–Trinajstić information content (AvgIpc) is 3.44. The number of hydrogen-bond donors (Lipinski definition) is 2. The first-order valence-corrected chi connectivity index (χ1v) is 7.99. The molecule has 0 atom stereocenters. The monoisotopic (exact) mass is 341 g/mol. The van der Waals surface area contributed by atoms with Crippen LogP contribution in [0.3, 0.4) is 0 Å². The first-order valence-electron chi connectivity index (χ1n) is 7.99. The standard InChI is InChI=1S/C18H19N3O4/c1-24-15-7-3-2-6-14(15)21-17-13(5-4-10-19-17)18(23)25-11-16(22)20-12-8-9-12/h2-7,10,12H,8-9,11H2,1H3,(H,19,21)(H,20,22). The Hall–Kier alpha value is -3.09. The van der Waals surface area contributed by atoms with Crippen molar-refractivity contribution in [2.24, 2.45) is 0 Å². The van der Waals surface area contributed by atoms with Gasteiger partial charge in [0.25, 0.3) is 5.91 Å². The van der Waals surface area contributed by atoms with Crippen molar-refractivity contribution in [1.82, 2.24) is 10.3 Å². The van der Waals surface area contributed by atoms with Gasteiger partial charge in [-0.1, -0.05) is 12.1 Å². The molecule has 1 amide bonds. The SMILES string of the molecule is COc1ccccc1Nc1ncccc1C(=O)OCC(=O)NC1CC1. The molecule has 1 aliphatic rings. The van der Waals surface area contributed by atoms with Crippen molar-refractivity contribution in [1.29, 1.82) is 0 Å². The number of methoxy groups -OCH3 is 1. The average molecular weight is 341 g/mol. The lowest BCUT2D eigenvalue weighted by Crippen LogP contribution is -2.30. The van der Waals surface area contributed by atoms with E-state index in [0.717, 1.165) is 12.8 Å². The van der Waals surface area contributed by atoms with Crippen molar-refractivity contribution in [3.8, 4) is 5.75 Å². The highest BCUT2D eigenvalue weighted by Gasteiger charge is 2.24. The van der Waals surface area contributed by atoms with Crippen LogP contribution in [-0.2, 0) is 9.53 Å². The van der Waals surface area contributed by atoms with Gasteiger partial charge in [0.05, 0.1) is 12.8 Å². The molecule has 0 radical (unpaired) electrons. The molecule has 0 saturated heterocycles. The van der Waals surface area contributed by atoms with E-state index in [9.17, 15) is 9.59 Å². The topological polar surface area (TPSA) is 89.6 Å². The van der Waals surface area contributed by atoms with Crippen LogP contribution in [0.15, 0.2) is 42.6 Å². The van der Waals surface area contributed by atoms with E-state index in [1.807, 2.05) is 18.2 Å². The number of anilines is 2. The molecule has 0 aliphatic heterocycles. The van der Waals surface area contributed by atoms with Crippen LogP contribution < -0.4 is 15.4 Å². The third kappa shape index (κ3) is 4.47. The van der Waals surface area contributed by atoms with Gasteiger partial charge in [-0.25, -0.2) is 9.78 Å². The molecule has 0 unspecified atom stereocenters. The number of rotatable bonds is 7. The summed E-state index contributed by atoms with van der Waals surface area (Å²) in [6.45, 7) is -0.307. The fourth-order valence-corrected chi connectivity index (χ4v) is 2.25. The summed E-state index contributed by atoms with van der Waals surface area (Å²) in [7, 11) is 1.56.